The molecule has 1 heterocycles. The minimum Gasteiger partial charge on any atom is -0.464 e. The second-order valence-electron chi connectivity index (χ2n) is 3.33. The summed E-state index contributed by atoms with van der Waals surface area (Å²) < 4.78 is 18.1. The molecule has 0 saturated carbocycles. The molecule has 88 valence electrons. The van der Waals surface area contributed by atoms with Crippen LogP contribution in [0.5, 0.6) is 0 Å². The van der Waals surface area contributed by atoms with Crippen molar-refractivity contribution in [1.29, 1.82) is 0 Å². The molecule has 1 aromatic heterocycles. The molecule has 4 nitrogen and oxygen atoms in total. The fourth-order valence-corrected chi connectivity index (χ4v) is 1.96. The van der Waals surface area contributed by atoms with Crippen LogP contribution in [0.25, 0.3) is 10.8 Å². The summed E-state index contributed by atoms with van der Waals surface area (Å²) in [5, 5.41) is 1.06. The molecule has 0 unspecified atom stereocenters. The first-order chi connectivity index (χ1) is 8.06. The van der Waals surface area contributed by atoms with Crippen LogP contribution in [0, 0.1) is 5.82 Å². The van der Waals surface area contributed by atoms with Crippen molar-refractivity contribution < 1.29 is 13.9 Å². The lowest BCUT2D eigenvalue weighted by Crippen LogP contribution is -2.08. The number of nitrogens with zero attached hydrogens (tertiary/aromatic N) is 1. The largest absolute Gasteiger partial charge is 0.464 e. The topological polar surface area (TPSA) is 65.2 Å². The van der Waals surface area contributed by atoms with Crippen LogP contribution in [-0.4, -0.2) is 18.1 Å². The monoisotopic (exact) mass is 298 g/mol. The van der Waals surface area contributed by atoms with Gasteiger partial charge in [0, 0.05) is 17.0 Å². The highest BCUT2D eigenvalue weighted by molar-refractivity contribution is 9.10. The number of hydrogen-bond donors (Lipinski definition) is 1. The second kappa shape index (κ2) is 4.29. The van der Waals surface area contributed by atoms with Gasteiger partial charge in [-0.1, -0.05) is 0 Å². The van der Waals surface area contributed by atoms with Gasteiger partial charge in [-0.25, -0.2) is 14.2 Å². The molecule has 0 aliphatic heterocycles. The maximum atomic E-state index is 13.3. The summed E-state index contributed by atoms with van der Waals surface area (Å²) in [7, 11) is 1.24. The quantitative estimate of drug-likeness (QED) is 0.822. The van der Waals surface area contributed by atoms with Crippen molar-refractivity contribution in [3.63, 3.8) is 0 Å². The number of nitrogen functional groups attached to an aromatic ring is 1. The lowest BCUT2D eigenvalue weighted by atomic mass is 10.1. The standard InChI is InChI=1S/C11H8BrFN2O2/c1-17-11(16)10-9(14)5-2-3-7(13)8(12)6(5)4-15-10/h2-4H,14H2,1H3. The number of methoxy groups -OCH3 is 1. The van der Waals surface area contributed by atoms with Crippen LogP contribution in [0.15, 0.2) is 22.8 Å². The number of halogens is 2. The molecule has 0 fully saturated rings. The van der Waals surface area contributed by atoms with Gasteiger partial charge < -0.3 is 10.5 Å². The number of carbonyl (C=O) groups is 1. The molecule has 0 aliphatic carbocycles. The highest BCUT2D eigenvalue weighted by Crippen LogP contribution is 2.31. The summed E-state index contributed by atoms with van der Waals surface area (Å²) in [6.07, 6.45) is 1.38. The van der Waals surface area contributed by atoms with Gasteiger partial charge in [-0.15, -0.1) is 0 Å². The van der Waals surface area contributed by atoms with Gasteiger partial charge >= 0.3 is 5.97 Å². The van der Waals surface area contributed by atoms with Crippen molar-refractivity contribution in [3.8, 4) is 0 Å². The van der Waals surface area contributed by atoms with Gasteiger partial charge in [0.2, 0.25) is 0 Å². The highest BCUT2D eigenvalue weighted by Gasteiger charge is 2.16. The molecule has 6 heteroatoms. The molecule has 1 aromatic carbocycles. The molecule has 0 radical (unpaired) electrons. The van der Waals surface area contributed by atoms with Crippen LogP contribution in [0.1, 0.15) is 10.5 Å². The average Bonchev–Trinajstić information content (AvgIpc) is 2.33. The van der Waals surface area contributed by atoms with Gasteiger partial charge in [-0.3, -0.25) is 0 Å². The molecule has 2 N–H and O–H groups in total. The van der Waals surface area contributed by atoms with E-state index >= 15 is 0 Å². The highest BCUT2D eigenvalue weighted by atomic mass is 79.9. The third-order valence-corrected chi connectivity index (χ3v) is 3.19. The molecular weight excluding hydrogens is 291 g/mol. The molecule has 0 bridgehead atoms. The van der Waals surface area contributed by atoms with Crippen molar-refractivity contribution in [1.82, 2.24) is 4.98 Å². The Morgan fingerprint density at radius 1 is 1.47 bits per heavy atom. The summed E-state index contributed by atoms with van der Waals surface area (Å²) in [6, 6.07) is 2.77. The van der Waals surface area contributed by atoms with Crippen LogP contribution < -0.4 is 5.73 Å². The van der Waals surface area contributed by atoms with Crippen molar-refractivity contribution in [2.75, 3.05) is 12.8 Å². The molecular formula is C11H8BrFN2O2. The lowest BCUT2D eigenvalue weighted by molar-refractivity contribution is 0.0595. The zero-order chi connectivity index (χ0) is 12.6. The van der Waals surface area contributed by atoms with Crippen LogP contribution in [0.3, 0.4) is 0 Å². The Hall–Kier alpha value is -1.69. The van der Waals surface area contributed by atoms with Gasteiger partial charge in [-0.05, 0) is 28.1 Å². The summed E-state index contributed by atoms with van der Waals surface area (Å²) in [4.78, 5) is 15.3. The predicted molar refractivity (Wildman–Crippen MR) is 65.2 cm³/mol. The van der Waals surface area contributed by atoms with E-state index in [1.165, 1.54) is 25.4 Å². The zero-order valence-electron chi connectivity index (χ0n) is 8.83. The van der Waals surface area contributed by atoms with Gasteiger partial charge in [0.05, 0.1) is 17.3 Å². The van der Waals surface area contributed by atoms with Crippen LogP contribution in [-0.2, 0) is 4.74 Å². The SMILES string of the molecule is COC(=O)c1ncc2c(Br)c(F)ccc2c1N. The minimum absolute atomic E-state index is 0.0264. The molecule has 17 heavy (non-hydrogen) atoms. The third-order valence-electron chi connectivity index (χ3n) is 2.38. The van der Waals surface area contributed by atoms with Gasteiger partial charge in [0.1, 0.15) is 5.82 Å². The Morgan fingerprint density at radius 3 is 2.82 bits per heavy atom. The molecule has 2 rings (SSSR count). The molecule has 0 atom stereocenters. The Bertz CT molecular complexity index is 616. The van der Waals surface area contributed by atoms with E-state index in [1.54, 1.807) is 0 Å². The Morgan fingerprint density at radius 2 is 2.18 bits per heavy atom. The minimum atomic E-state index is -0.621. The maximum Gasteiger partial charge on any atom is 0.358 e. The molecule has 2 aromatic rings. The summed E-state index contributed by atoms with van der Waals surface area (Å²) in [5.74, 6) is -1.03. The van der Waals surface area contributed by atoms with E-state index in [0.29, 0.717) is 10.8 Å². The number of ether oxygens (including phenoxy) is 1. The second-order valence-corrected chi connectivity index (χ2v) is 4.13. The van der Waals surface area contributed by atoms with Crippen molar-refractivity contribution in [3.05, 3.63) is 34.3 Å². The number of hydrogen-bond acceptors (Lipinski definition) is 4. The van der Waals surface area contributed by atoms with E-state index in [-0.39, 0.29) is 15.9 Å². The van der Waals surface area contributed by atoms with E-state index in [0.717, 1.165) is 0 Å². The van der Waals surface area contributed by atoms with E-state index < -0.39 is 11.8 Å². The smallest absolute Gasteiger partial charge is 0.358 e. The number of pyridine rings is 1. The van der Waals surface area contributed by atoms with Gasteiger partial charge in [0.15, 0.2) is 5.69 Å². The van der Waals surface area contributed by atoms with Gasteiger partial charge in [-0.2, -0.15) is 0 Å². The zero-order valence-corrected chi connectivity index (χ0v) is 10.4. The number of rotatable bonds is 1. The summed E-state index contributed by atoms with van der Waals surface area (Å²) in [6.45, 7) is 0. The van der Waals surface area contributed by atoms with Gasteiger partial charge in [0.25, 0.3) is 0 Å². The van der Waals surface area contributed by atoms with E-state index in [2.05, 4.69) is 25.7 Å². The van der Waals surface area contributed by atoms with Crippen molar-refractivity contribution in [2.24, 2.45) is 0 Å². The van der Waals surface area contributed by atoms with Crippen LogP contribution >= 0.6 is 15.9 Å². The van der Waals surface area contributed by atoms with Crippen LogP contribution in [0.2, 0.25) is 0 Å². The number of carbonyl (C=O) groups excluding carboxylic acids is 1. The molecule has 0 spiro atoms. The Kier molecular flexibility index (Phi) is 2.97. The number of anilines is 1. The average molecular weight is 299 g/mol. The Labute approximate surface area is 105 Å². The number of aromatic nitrogens is 1. The molecule has 0 amide bonds. The Balaban J connectivity index is 2.77. The normalized spacial score (nSPS) is 10.5. The first kappa shape index (κ1) is 11.8. The number of benzene rings is 1. The summed E-state index contributed by atoms with van der Waals surface area (Å²) >= 11 is 3.11. The van der Waals surface area contributed by atoms with Crippen molar-refractivity contribution >= 4 is 38.4 Å². The van der Waals surface area contributed by atoms with E-state index in [1.807, 2.05) is 0 Å². The third kappa shape index (κ3) is 1.84. The number of fused-ring (bicyclic) bond motifs is 1. The number of nitrogens with two attached hydrogens (primary N) is 1. The first-order valence-corrected chi connectivity index (χ1v) is 5.46. The first-order valence-electron chi connectivity index (χ1n) is 4.66. The number of esters is 1. The van der Waals surface area contributed by atoms with E-state index in [4.69, 9.17) is 5.73 Å². The van der Waals surface area contributed by atoms with Crippen LogP contribution in [0.4, 0.5) is 10.1 Å². The molecule has 0 aliphatic rings. The predicted octanol–water partition coefficient (Wildman–Crippen LogP) is 2.51. The lowest BCUT2D eigenvalue weighted by Gasteiger charge is -2.08. The fraction of sp³-hybridized carbons (Fsp3) is 0.0909. The van der Waals surface area contributed by atoms with E-state index in [9.17, 15) is 9.18 Å². The van der Waals surface area contributed by atoms with Crippen molar-refractivity contribution in [2.45, 2.75) is 0 Å². The summed E-state index contributed by atoms with van der Waals surface area (Å²) in [5.41, 5.74) is 6.01. The maximum absolute atomic E-state index is 13.3. The molecule has 0 saturated heterocycles. The fourth-order valence-electron chi connectivity index (χ4n) is 1.51.